The number of anilines is 1. The van der Waals surface area contributed by atoms with Crippen molar-refractivity contribution in [2.45, 2.75) is 33.7 Å². The van der Waals surface area contributed by atoms with E-state index in [0.29, 0.717) is 23.0 Å². The zero-order valence-electron chi connectivity index (χ0n) is 17.8. The van der Waals surface area contributed by atoms with Crippen LogP contribution in [0.25, 0.3) is 0 Å². The predicted octanol–water partition coefficient (Wildman–Crippen LogP) is 4.47. The highest BCUT2D eigenvalue weighted by molar-refractivity contribution is 6.31. The van der Waals surface area contributed by atoms with Gasteiger partial charge in [-0.3, -0.25) is 9.59 Å². The molecule has 0 bridgehead atoms. The van der Waals surface area contributed by atoms with Gasteiger partial charge >= 0.3 is 5.97 Å². The largest absolute Gasteiger partial charge is 0.463 e. The number of nitrogens with zero attached hydrogens (tertiary/aromatic N) is 1. The number of hydrogen-bond acceptors (Lipinski definition) is 4. The van der Waals surface area contributed by atoms with Crippen LogP contribution in [-0.4, -0.2) is 29.3 Å². The van der Waals surface area contributed by atoms with E-state index in [4.69, 9.17) is 16.3 Å². The Labute approximate surface area is 186 Å². The summed E-state index contributed by atoms with van der Waals surface area (Å²) in [4.78, 5) is 40.3. The fourth-order valence-electron chi connectivity index (χ4n) is 3.57. The maximum absolute atomic E-state index is 13.1. The molecule has 0 unspecified atom stereocenters. The van der Waals surface area contributed by atoms with E-state index in [9.17, 15) is 14.4 Å². The van der Waals surface area contributed by atoms with E-state index in [1.165, 1.54) is 4.90 Å². The lowest BCUT2D eigenvalue weighted by Crippen LogP contribution is -2.42. The number of hydrogen-bond donors (Lipinski definition) is 1. The number of amides is 2. The minimum absolute atomic E-state index is 0.121. The third-order valence-corrected chi connectivity index (χ3v) is 5.66. The van der Waals surface area contributed by atoms with Crippen molar-refractivity contribution in [3.8, 4) is 0 Å². The van der Waals surface area contributed by atoms with Crippen molar-refractivity contribution in [1.82, 2.24) is 4.90 Å². The van der Waals surface area contributed by atoms with E-state index in [1.807, 2.05) is 37.3 Å². The average molecular weight is 441 g/mol. The van der Waals surface area contributed by atoms with Crippen molar-refractivity contribution < 1.29 is 19.1 Å². The molecule has 0 fully saturated rings. The molecule has 0 spiro atoms. The molecule has 0 aromatic heterocycles. The fourth-order valence-corrected chi connectivity index (χ4v) is 3.75. The molecule has 1 heterocycles. The van der Waals surface area contributed by atoms with Gasteiger partial charge in [-0.1, -0.05) is 48.0 Å². The summed E-state index contributed by atoms with van der Waals surface area (Å²) >= 11 is 6.15. The zero-order valence-corrected chi connectivity index (χ0v) is 18.5. The summed E-state index contributed by atoms with van der Waals surface area (Å²) in [5, 5.41) is 3.29. The topological polar surface area (TPSA) is 75.7 Å². The quantitative estimate of drug-likeness (QED) is 0.672. The first kappa shape index (κ1) is 22.6. The molecular weight excluding hydrogens is 416 g/mol. The van der Waals surface area contributed by atoms with Crippen LogP contribution in [0.4, 0.5) is 5.69 Å². The number of allylic oxidation sites excluding steroid dienone is 1. The molecule has 2 aromatic carbocycles. The lowest BCUT2D eigenvalue weighted by molar-refractivity contribution is -0.142. The van der Waals surface area contributed by atoms with E-state index >= 15 is 0 Å². The number of nitrogens with one attached hydrogen (secondary N) is 1. The standard InChI is InChI=1S/C24H25ClN2O4/c1-4-31-24(30)22-16(3)27(14-17-8-6-5-7-9-17)21(28)13-19(22)23(29)26-18-11-10-15(2)20(25)12-18/h5-12,19H,4,13-14H2,1-3H3,(H,26,29)/t19-/m0/s1. The number of carbonyl (C=O) groups is 3. The zero-order chi connectivity index (χ0) is 22.5. The van der Waals surface area contributed by atoms with Crippen molar-refractivity contribution in [3.05, 3.63) is 76.0 Å². The Morgan fingerprint density at radius 2 is 1.87 bits per heavy atom. The number of halogens is 1. The van der Waals surface area contributed by atoms with Gasteiger partial charge in [0.15, 0.2) is 0 Å². The summed E-state index contributed by atoms with van der Waals surface area (Å²) < 4.78 is 5.22. The fraction of sp³-hybridized carbons (Fsp3) is 0.292. The molecule has 1 N–H and O–H groups in total. The Hall–Kier alpha value is -3.12. The van der Waals surface area contributed by atoms with Crippen LogP contribution >= 0.6 is 11.6 Å². The molecule has 0 saturated carbocycles. The van der Waals surface area contributed by atoms with E-state index in [0.717, 1.165) is 11.1 Å². The van der Waals surface area contributed by atoms with Gasteiger partial charge in [-0.05, 0) is 44.0 Å². The first-order valence-corrected chi connectivity index (χ1v) is 10.5. The third kappa shape index (κ3) is 5.14. The number of carbonyl (C=O) groups excluding carboxylic acids is 3. The second kappa shape index (κ2) is 9.79. The summed E-state index contributed by atoms with van der Waals surface area (Å²) in [5.41, 5.74) is 2.94. The van der Waals surface area contributed by atoms with Gasteiger partial charge in [-0.25, -0.2) is 4.79 Å². The van der Waals surface area contributed by atoms with Gasteiger partial charge in [0.2, 0.25) is 11.8 Å². The van der Waals surface area contributed by atoms with E-state index in [2.05, 4.69) is 5.32 Å². The molecule has 2 aromatic rings. The van der Waals surface area contributed by atoms with E-state index in [-0.39, 0.29) is 24.5 Å². The SMILES string of the molecule is CCOC(=O)C1=C(C)N(Cc2ccccc2)C(=O)C[C@@H]1C(=O)Nc1ccc(C)c(Cl)c1. The second-order valence-corrected chi connectivity index (χ2v) is 7.80. The minimum Gasteiger partial charge on any atom is -0.463 e. The maximum atomic E-state index is 13.1. The highest BCUT2D eigenvalue weighted by Crippen LogP contribution is 2.32. The molecule has 7 heteroatoms. The lowest BCUT2D eigenvalue weighted by Gasteiger charge is -2.33. The average Bonchev–Trinajstić information content (AvgIpc) is 2.74. The summed E-state index contributed by atoms with van der Waals surface area (Å²) in [7, 11) is 0. The van der Waals surface area contributed by atoms with Crippen molar-refractivity contribution in [2.24, 2.45) is 5.92 Å². The summed E-state index contributed by atoms with van der Waals surface area (Å²) in [6, 6.07) is 14.6. The highest BCUT2D eigenvalue weighted by Gasteiger charge is 2.40. The van der Waals surface area contributed by atoms with Gasteiger partial charge in [0.05, 0.1) is 24.6 Å². The molecular formula is C24H25ClN2O4. The summed E-state index contributed by atoms with van der Waals surface area (Å²) in [6.45, 7) is 5.72. The Balaban J connectivity index is 1.93. The van der Waals surface area contributed by atoms with Gasteiger partial charge in [-0.15, -0.1) is 0 Å². The predicted molar refractivity (Wildman–Crippen MR) is 119 cm³/mol. The first-order valence-electron chi connectivity index (χ1n) is 10.1. The normalized spacial score (nSPS) is 16.3. The van der Waals surface area contributed by atoms with Gasteiger partial charge in [-0.2, -0.15) is 0 Å². The second-order valence-electron chi connectivity index (χ2n) is 7.39. The Morgan fingerprint density at radius 1 is 1.16 bits per heavy atom. The molecule has 0 aliphatic carbocycles. The Kier molecular flexibility index (Phi) is 7.13. The van der Waals surface area contributed by atoms with Gasteiger partial charge < -0.3 is 15.0 Å². The molecule has 3 rings (SSSR count). The highest BCUT2D eigenvalue weighted by atomic mass is 35.5. The van der Waals surface area contributed by atoms with Crippen molar-refractivity contribution in [2.75, 3.05) is 11.9 Å². The molecule has 2 amide bonds. The maximum Gasteiger partial charge on any atom is 0.336 e. The van der Waals surface area contributed by atoms with E-state index in [1.54, 1.807) is 32.0 Å². The molecule has 31 heavy (non-hydrogen) atoms. The lowest BCUT2D eigenvalue weighted by atomic mass is 9.88. The molecule has 162 valence electrons. The van der Waals surface area contributed by atoms with Crippen LogP contribution in [0.2, 0.25) is 5.02 Å². The van der Waals surface area contributed by atoms with Crippen LogP contribution in [0.3, 0.4) is 0 Å². The third-order valence-electron chi connectivity index (χ3n) is 5.26. The van der Waals surface area contributed by atoms with Crippen LogP contribution in [-0.2, 0) is 25.7 Å². The summed E-state index contributed by atoms with van der Waals surface area (Å²) in [5.74, 6) is -2.21. The molecule has 0 saturated heterocycles. The van der Waals surface area contributed by atoms with Gasteiger partial charge in [0.1, 0.15) is 0 Å². The van der Waals surface area contributed by atoms with Gasteiger partial charge in [0, 0.05) is 22.8 Å². The number of aryl methyl sites for hydroxylation is 1. The van der Waals surface area contributed by atoms with Crippen molar-refractivity contribution in [1.29, 1.82) is 0 Å². The molecule has 0 radical (unpaired) electrons. The molecule has 1 aliphatic heterocycles. The monoisotopic (exact) mass is 440 g/mol. The molecule has 1 atom stereocenters. The van der Waals surface area contributed by atoms with Crippen LogP contribution in [0.5, 0.6) is 0 Å². The van der Waals surface area contributed by atoms with Crippen molar-refractivity contribution in [3.63, 3.8) is 0 Å². The van der Waals surface area contributed by atoms with Crippen molar-refractivity contribution >= 4 is 35.1 Å². The molecule has 1 aliphatic rings. The summed E-state index contributed by atoms with van der Waals surface area (Å²) in [6.07, 6.45) is -0.121. The minimum atomic E-state index is -0.946. The Bertz CT molecular complexity index is 1030. The number of ether oxygens (including phenoxy) is 1. The van der Waals surface area contributed by atoms with Crippen LogP contribution in [0.15, 0.2) is 59.8 Å². The molecule has 6 nitrogen and oxygen atoms in total. The Morgan fingerprint density at radius 3 is 2.52 bits per heavy atom. The van der Waals surface area contributed by atoms with Crippen LogP contribution < -0.4 is 5.32 Å². The smallest absolute Gasteiger partial charge is 0.336 e. The van der Waals surface area contributed by atoms with Crippen LogP contribution in [0.1, 0.15) is 31.4 Å². The number of rotatable bonds is 6. The van der Waals surface area contributed by atoms with Crippen LogP contribution in [0, 0.1) is 12.8 Å². The number of esters is 1. The first-order chi connectivity index (χ1) is 14.8. The van der Waals surface area contributed by atoms with E-state index < -0.39 is 17.8 Å². The van der Waals surface area contributed by atoms with Gasteiger partial charge in [0.25, 0.3) is 0 Å². The number of benzene rings is 2.